The molecular weight excluding hydrogens is 401 g/mol. The average Bonchev–Trinajstić information content (AvgIpc) is 3.12. The molecule has 0 aliphatic rings. The fourth-order valence-corrected chi connectivity index (χ4v) is 3.23. The molecule has 0 aliphatic heterocycles. The van der Waals surface area contributed by atoms with Gasteiger partial charge in [0, 0.05) is 24.0 Å². The Hall–Kier alpha value is -3.26. The number of hydrogen-bond acceptors (Lipinski definition) is 6. The second-order valence-corrected chi connectivity index (χ2v) is 8.01. The van der Waals surface area contributed by atoms with Gasteiger partial charge in [-0.3, -0.25) is 4.79 Å². The maximum absolute atomic E-state index is 14.9. The zero-order valence-electron chi connectivity index (χ0n) is 18.3. The van der Waals surface area contributed by atoms with E-state index in [4.69, 9.17) is 9.47 Å². The molecule has 3 rings (SSSR count). The van der Waals surface area contributed by atoms with Crippen LogP contribution in [-0.2, 0) is 16.3 Å². The number of aliphatic hydroxyl groups excluding tert-OH is 1. The lowest BCUT2D eigenvalue weighted by Gasteiger charge is -2.21. The lowest BCUT2D eigenvalue weighted by molar-refractivity contribution is -0.152. The Labute approximate surface area is 180 Å². The first-order valence-corrected chi connectivity index (χ1v) is 9.79. The van der Waals surface area contributed by atoms with Gasteiger partial charge in [-0.2, -0.15) is 0 Å². The van der Waals surface area contributed by atoms with Gasteiger partial charge in [0.25, 0.3) is 0 Å². The summed E-state index contributed by atoms with van der Waals surface area (Å²) < 4.78 is 26.8. The molecular formula is C23H26FN3O4. The molecule has 31 heavy (non-hydrogen) atoms. The summed E-state index contributed by atoms with van der Waals surface area (Å²) in [5, 5.41) is 9.47. The van der Waals surface area contributed by atoms with Gasteiger partial charge < -0.3 is 19.1 Å². The van der Waals surface area contributed by atoms with Crippen molar-refractivity contribution in [3.8, 4) is 28.4 Å². The molecule has 0 amide bonds. The minimum Gasteiger partial charge on any atom is -0.476 e. The van der Waals surface area contributed by atoms with Crippen molar-refractivity contribution in [3.63, 3.8) is 0 Å². The van der Waals surface area contributed by atoms with Gasteiger partial charge in [-0.05, 0) is 51.0 Å². The molecule has 0 unspecified atom stereocenters. The fourth-order valence-electron chi connectivity index (χ4n) is 3.23. The number of aromatic nitrogens is 3. The largest absolute Gasteiger partial charge is 0.476 e. The van der Waals surface area contributed by atoms with Crippen LogP contribution in [0.3, 0.4) is 0 Å². The third kappa shape index (κ3) is 4.74. The molecule has 2 aromatic heterocycles. The van der Waals surface area contributed by atoms with Crippen LogP contribution in [0, 0.1) is 25.1 Å². The van der Waals surface area contributed by atoms with E-state index in [0.717, 1.165) is 11.1 Å². The van der Waals surface area contributed by atoms with Crippen LogP contribution < -0.4 is 4.74 Å². The number of carbonyl (C=O) groups is 1. The number of imidazole rings is 1. The number of pyridine rings is 1. The summed E-state index contributed by atoms with van der Waals surface area (Å²) in [7, 11) is 1.34. The third-order valence-electron chi connectivity index (χ3n) is 4.97. The number of ether oxygens (including phenoxy) is 2. The molecule has 0 saturated heterocycles. The number of halogens is 1. The predicted molar refractivity (Wildman–Crippen MR) is 114 cm³/mol. The Morgan fingerprint density at radius 1 is 1.23 bits per heavy atom. The highest BCUT2D eigenvalue weighted by Crippen LogP contribution is 2.30. The van der Waals surface area contributed by atoms with E-state index in [1.807, 2.05) is 6.92 Å². The van der Waals surface area contributed by atoms with Gasteiger partial charge in [0.05, 0.1) is 23.8 Å². The van der Waals surface area contributed by atoms with Gasteiger partial charge in [-0.15, -0.1) is 0 Å². The van der Waals surface area contributed by atoms with Crippen LogP contribution in [0.4, 0.5) is 4.39 Å². The number of rotatable bonds is 7. The summed E-state index contributed by atoms with van der Waals surface area (Å²) in [6.45, 7) is 6.96. The molecule has 1 aromatic carbocycles. The van der Waals surface area contributed by atoms with Gasteiger partial charge in [-0.25, -0.2) is 14.4 Å². The van der Waals surface area contributed by atoms with Crippen LogP contribution >= 0.6 is 0 Å². The Balaban J connectivity index is 1.83. The van der Waals surface area contributed by atoms with E-state index >= 15 is 0 Å². The second-order valence-electron chi connectivity index (χ2n) is 8.01. The summed E-state index contributed by atoms with van der Waals surface area (Å²) in [6, 6.07) is 6.60. The van der Waals surface area contributed by atoms with Crippen LogP contribution in [0.15, 0.2) is 36.7 Å². The summed E-state index contributed by atoms with van der Waals surface area (Å²) in [5.41, 5.74) is 2.46. The molecule has 0 spiro atoms. The number of nitrogens with zero attached hydrogens (tertiary/aromatic N) is 3. The van der Waals surface area contributed by atoms with E-state index in [1.165, 1.54) is 17.7 Å². The first-order chi connectivity index (χ1) is 14.7. The van der Waals surface area contributed by atoms with E-state index in [9.17, 15) is 14.3 Å². The molecule has 0 bridgehead atoms. The summed E-state index contributed by atoms with van der Waals surface area (Å²) >= 11 is 0. The minimum absolute atomic E-state index is 0.117. The van der Waals surface area contributed by atoms with E-state index in [1.54, 1.807) is 51.4 Å². The molecule has 0 atom stereocenters. The highest BCUT2D eigenvalue weighted by Gasteiger charge is 2.30. The molecule has 7 nitrogen and oxygen atoms in total. The predicted octanol–water partition coefficient (Wildman–Crippen LogP) is 3.90. The van der Waals surface area contributed by atoms with Crippen molar-refractivity contribution in [1.82, 2.24) is 14.5 Å². The van der Waals surface area contributed by atoms with Crippen LogP contribution in [-0.4, -0.2) is 39.3 Å². The van der Waals surface area contributed by atoms with Crippen molar-refractivity contribution >= 4 is 5.97 Å². The lowest BCUT2D eigenvalue weighted by Crippen LogP contribution is -2.32. The van der Waals surface area contributed by atoms with Crippen molar-refractivity contribution in [2.75, 3.05) is 13.7 Å². The Kier molecular flexibility index (Phi) is 6.40. The zero-order valence-corrected chi connectivity index (χ0v) is 18.3. The van der Waals surface area contributed by atoms with Crippen molar-refractivity contribution in [3.05, 3.63) is 53.7 Å². The number of methoxy groups -OCH3 is 1. The normalized spacial score (nSPS) is 11.5. The van der Waals surface area contributed by atoms with E-state index in [2.05, 4.69) is 9.97 Å². The molecule has 3 aromatic rings. The van der Waals surface area contributed by atoms with E-state index < -0.39 is 11.2 Å². The molecule has 8 heteroatoms. The summed E-state index contributed by atoms with van der Waals surface area (Å²) in [5.74, 6) is -0.0718. The average molecular weight is 427 g/mol. The molecule has 0 aliphatic carbocycles. The smallest absolute Gasteiger partial charge is 0.314 e. The molecule has 0 fully saturated rings. The van der Waals surface area contributed by atoms with Gasteiger partial charge in [-0.1, -0.05) is 6.07 Å². The van der Waals surface area contributed by atoms with Crippen molar-refractivity contribution in [2.24, 2.45) is 5.41 Å². The number of aryl methyl sites for hydroxylation is 2. The first-order valence-electron chi connectivity index (χ1n) is 9.79. The lowest BCUT2D eigenvalue weighted by atomic mass is 9.95. The Morgan fingerprint density at radius 2 is 1.97 bits per heavy atom. The monoisotopic (exact) mass is 427 g/mol. The van der Waals surface area contributed by atoms with Crippen molar-refractivity contribution < 1.29 is 23.8 Å². The SMILES string of the molecule is COC(=O)C(C)(C)COc1cc(C)c(-c2ccc(-c3nc(C)cn3CO)c(F)c2)cn1. The zero-order chi connectivity index (χ0) is 22.8. The number of esters is 1. The highest BCUT2D eigenvalue weighted by atomic mass is 19.1. The van der Waals surface area contributed by atoms with E-state index in [0.29, 0.717) is 28.5 Å². The third-order valence-corrected chi connectivity index (χ3v) is 4.97. The molecule has 164 valence electrons. The Morgan fingerprint density at radius 3 is 2.58 bits per heavy atom. The minimum atomic E-state index is -0.805. The van der Waals surface area contributed by atoms with Crippen LogP contribution in [0.1, 0.15) is 25.1 Å². The van der Waals surface area contributed by atoms with Gasteiger partial charge >= 0.3 is 5.97 Å². The summed E-state index contributed by atoms with van der Waals surface area (Å²) in [4.78, 5) is 20.4. The summed E-state index contributed by atoms with van der Waals surface area (Å²) in [6.07, 6.45) is 3.28. The molecule has 0 saturated carbocycles. The maximum Gasteiger partial charge on any atom is 0.314 e. The topological polar surface area (TPSA) is 86.5 Å². The first kappa shape index (κ1) is 22.4. The second kappa shape index (κ2) is 8.85. The van der Waals surface area contributed by atoms with Crippen LogP contribution in [0.5, 0.6) is 5.88 Å². The highest BCUT2D eigenvalue weighted by molar-refractivity contribution is 5.76. The molecule has 2 heterocycles. The fraction of sp³-hybridized carbons (Fsp3) is 0.348. The van der Waals surface area contributed by atoms with Gasteiger partial charge in [0.2, 0.25) is 5.88 Å². The van der Waals surface area contributed by atoms with E-state index in [-0.39, 0.29) is 19.3 Å². The quantitative estimate of drug-likeness (QED) is 0.576. The van der Waals surface area contributed by atoms with Gasteiger partial charge in [0.15, 0.2) is 0 Å². The Bertz CT molecular complexity index is 1110. The number of benzene rings is 1. The van der Waals surface area contributed by atoms with Crippen molar-refractivity contribution in [1.29, 1.82) is 0 Å². The van der Waals surface area contributed by atoms with Crippen LogP contribution in [0.25, 0.3) is 22.5 Å². The standard InChI is InChI=1S/C23H26FN3O4/c1-14-8-20(31-12-23(3,4)22(29)30-5)25-10-18(14)16-6-7-17(19(24)9-16)21-26-15(2)11-27(21)13-28/h6-11,28H,12-13H2,1-5H3. The molecule has 0 radical (unpaired) electrons. The number of hydrogen-bond donors (Lipinski definition) is 1. The maximum atomic E-state index is 14.9. The van der Waals surface area contributed by atoms with Crippen LogP contribution in [0.2, 0.25) is 0 Å². The number of aliphatic hydroxyl groups is 1. The molecule has 1 N–H and O–H groups in total. The van der Waals surface area contributed by atoms with Crippen molar-refractivity contribution in [2.45, 2.75) is 34.4 Å². The van der Waals surface area contributed by atoms with Gasteiger partial charge in [0.1, 0.15) is 25.0 Å². The number of carbonyl (C=O) groups excluding carboxylic acids is 1.